The van der Waals surface area contributed by atoms with Gasteiger partial charge in [-0.2, -0.15) is 10.5 Å². The van der Waals surface area contributed by atoms with E-state index in [1.54, 1.807) is 6.07 Å². The summed E-state index contributed by atoms with van der Waals surface area (Å²) in [6, 6.07) is 56.9. The summed E-state index contributed by atoms with van der Waals surface area (Å²) in [6.07, 6.45) is 0. The molecular weight excluding hydrogens is 510 g/mol. The van der Waals surface area contributed by atoms with Crippen molar-refractivity contribution >= 4 is 17.1 Å². The van der Waals surface area contributed by atoms with Crippen LogP contribution in [0.4, 0.5) is 17.1 Å². The molecule has 0 aromatic heterocycles. The lowest BCUT2D eigenvalue weighted by Gasteiger charge is -2.46. The molecule has 3 heteroatoms. The average molecular weight is 536 g/mol. The molecule has 0 spiro atoms. The summed E-state index contributed by atoms with van der Waals surface area (Å²) in [4.78, 5) is 2.33. The van der Waals surface area contributed by atoms with Gasteiger partial charge in [0.05, 0.1) is 40.1 Å². The standard InChI is InChI=1S/C39H25N3/c40-26-28-22-29(27-41)24-31(23-28)30-12-11-17-34(25-30)42-37-20-9-7-18-35(37)39(32-13-3-1-4-14-32,33-15-5-2-6-16-33)36-19-8-10-21-38(36)42/h1-25H. The van der Waals surface area contributed by atoms with Gasteiger partial charge in [0.1, 0.15) is 0 Å². The Morgan fingerprint density at radius 3 is 1.48 bits per heavy atom. The highest BCUT2D eigenvalue weighted by Crippen LogP contribution is 2.57. The molecule has 3 nitrogen and oxygen atoms in total. The van der Waals surface area contributed by atoms with E-state index in [0.29, 0.717) is 11.1 Å². The number of fused-ring (bicyclic) bond motifs is 2. The highest BCUT2D eigenvalue weighted by atomic mass is 15.2. The van der Waals surface area contributed by atoms with Gasteiger partial charge in [-0.05, 0) is 75.8 Å². The highest BCUT2D eigenvalue weighted by Gasteiger charge is 2.46. The molecule has 6 aromatic rings. The van der Waals surface area contributed by atoms with Gasteiger partial charge in [-0.1, -0.05) is 109 Å². The van der Waals surface area contributed by atoms with Gasteiger partial charge >= 0.3 is 0 Å². The van der Waals surface area contributed by atoms with Crippen LogP contribution in [0.1, 0.15) is 33.4 Å². The van der Waals surface area contributed by atoms with Gasteiger partial charge in [-0.15, -0.1) is 0 Å². The van der Waals surface area contributed by atoms with Crippen LogP contribution in [0, 0.1) is 22.7 Å². The van der Waals surface area contributed by atoms with E-state index in [2.05, 4.69) is 138 Å². The molecule has 0 aliphatic carbocycles. The first-order chi connectivity index (χ1) is 20.7. The van der Waals surface area contributed by atoms with E-state index in [9.17, 15) is 10.5 Å². The molecule has 42 heavy (non-hydrogen) atoms. The summed E-state index contributed by atoms with van der Waals surface area (Å²) < 4.78 is 0. The first-order valence-corrected chi connectivity index (χ1v) is 13.9. The maximum Gasteiger partial charge on any atom is 0.0992 e. The van der Waals surface area contributed by atoms with Crippen LogP contribution in [0.3, 0.4) is 0 Å². The Balaban J connectivity index is 1.51. The van der Waals surface area contributed by atoms with Crippen molar-refractivity contribution in [3.05, 3.63) is 185 Å². The molecule has 1 aliphatic rings. The number of rotatable bonds is 4. The van der Waals surface area contributed by atoms with Crippen molar-refractivity contribution in [3.8, 4) is 23.3 Å². The van der Waals surface area contributed by atoms with E-state index in [1.807, 2.05) is 24.3 Å². The molecule has 1 heterocycles. The van der Waals surface area contributed by atoms with Gasteiger partial charge in [0.25, 0.3) is 0 Å². The Morgan fingerprint density at radius 2 is 0.952 bits per heavy atom. The van der Waals surface area contributed by atoms with Crippen LogP contribution in [0.15, 0.2) is 152 Å². The van der Waals surface area contributed by atoms with Crippen LogP contribution in [0.5, 0.6) is 0 Å². The van der Waals surface area contributed by atoms with Crippen molar-refractivity contribution in [1.82, 2.24) is 0 Å². The molecule has 7 rings (SSSR count). The number of nitriles is 2. The summed E-state index contributed by atoms with van der Waals surface area (Å²) >= 11 is 0. The van der Waals surface area contributed by atoms with E-state index in [4.69, 9.17) is 0 Å². The number of hydrogen-bond acceptors (Lipinski definition) is 3. The van der Waals surface area contributed by atoms with Crippen LogP contribution in [0.2, 0.25) is 0 Å². The van der Waals surface area contributed by atoms with E-state index >= 15 is 0 Å². The van der Waals surface area contributed by atoms with Crippen LogP contribution < -0.4 is 4.90 Å². The minimum atomic E-state index is -0.521. The molecule has 0 unspecified atom stereocenters. The number of hydrogen-bond donors (Lipinski definition) is 0. The Kier molecular flexibility index (Phi) is 6.12. The Bertz CT molecular complexity index is 1890. The fourth-order valence-electron chi connectivity index (χ4n) is 6.44. The summed E-state index contributed by atoms with van der Waals surface area (Å²) in [5.41, 5.74) is 10.2. The molecule has 0 fully saturated rings. The molecule has 0 radical (unpaired) electrons. The largest absolute Gasteiger partial charge is 0.310 e. The summed E-state index contributed by atoms with van der Waals surface area (Å²) in [6.45, 7) is 0. The molecule has 196 valence electrons. The summed E-state index contributed by atoms with van der Waals surface area (Å²) in [7, 11) is 0. The Labute approximate surface area is 245 Å². The Morgan fingerprint density at radius 1 is 0.452 bits per heavy atom. The van der Waals surface area contributed by atoms with Crippen LogP contribution in [-0.2, 0) is 5.41 Å². The smallest absolute Gasteiger partial charge is 0.0992 e. The van der Waals surface area contributed by atoms with Crippen LogP contribution in [-0.4, -0.2) is 0 Å². The van der Waals surface area contributed by atoms with Crippen LogP contribution in [0.25, 0.3) is 11.1 Å². The van der Waals surface area contributed by atoms with Crippen LogP contribution >= 0.6 is 0 Å². The molecule has 0 N–H and O–H groups in total. The minimum absolute atomic E-state index is 0.471. The van der Waals surface area contributed by atoms with Gasteiger partial charge < -0.3 is 4.90 Å². The van der Waals surface area contributed by atoms with Gasteiger partial charge in [-0.3, -0.25) is 0 Å². The topological polar surface area (TPSA) is 50.8 Å². The molecule has 0 atom stereocenters. The van der Waals surface area contributed by atoms with Gasteiger partial charge in [0.15, 0.2) is 0 Å². The SMILES string of the molecule is N#Cc1cc(C#N)cc(-c2cccc(N3c4ccccc4C(c4ccccc4)(c4ccccc4)c4ccccc43)c2)c1. The first kappa shape index (κ1) is 25.1. The van der Waals surface area contributed by atoms with Crippen molar-refractivity contribution in [1.29, 1.82) is 10.5 Å². The zero-order valence-electron chi connectivity index (χ0n) is 22.8. The average Bonchev–Trinajstić information content (AvgIpc) is 3.07. The van der Waals surface area contributed by atoms with Gasteiger partial charge in [-0.25, -0.2) is 0 Å². The fourth-order valence-corrected chi connectivity index (χ4v) is 6.44. The molecule has 0 bridgehead atoms. The van der Waals surface area contributed by atoms with Crippen molar-refractivity contribution in [2.45, 2.75) is 5.41 Å². The lowest BCUT2D eigenvalue weighted by molar-refractivity contribution is 0.731. The third kappa shape index (κ3) is 3.88. The van der Waals surface area contributed by atoms with E-state index in [0.717, 1.165) is 28.2 Å². The van der Waals surface area contributed by atoms with Gasteiger partial charge in [0.2, 0.25) is 0 Å². The second kappa shape index (κ2) is 10.3. The van der Waals surface area contributed by atoms with Crippen molar-refractivity contribution in [3.63, 3.8) is 0 Å². The fraction of sp³-hybridized carbons (Fsp3) is 0.0256. The third-order valence-electron chi connectivity index (χ3n) is 8.14. The van der Waals surface area contributed by atoms with E-state index < -0.39 is 5.41 Å². The summed E-state index contributed by atoms with van der Waals surface area (Å²) in [5, 5.41) is 19.2. The predicted molar refractivity (Wildman–Crippen MR) is 168 cm³/mol. The number of para-hydroxylation sites is 2. The number of benzene rings is 6. The molecule has 0 saturated heterocycles. The van der Waals surface area contributed by atoms with Crippen molar-refractivity contribution in [2.24, 2.45) is 0 Å². The summed E-state index contributed by atoms with van der Waals surface area (Å²) in [5.74, 6) is 0. The zero-order valence-corrected chi connectivity index (χ0v) is 22.8. The molecule has 6 aromatic carbocycles. The first-order valence-electron chi connectivity index (χ1n) is 13.9. The normalized spacial score (nSPS) is 12.9. The van der Waals surface area contributed by atoms with Crippen molar-refractivity contribution in [2.75, 3.05) is 4.90 Å². The lowest BCUT2D eigenvalue weighted by atomic mass is 9.62. The zero-order chi connectivity index (χ0) is 28.5. The van der Waals surface area contributed by atoms with E-state index in [-0.39, 0.29) is 0 Å². The maximum atomic E-state index is 9.58. The van der Waals surface area contributed by atoms with Gasteiger partial charge in [0, 0.05) is 5.69 Å². The molecular formula is C39H25N3. The number of nitrogens with zero attached hydrogens (tertiary/aromatic N) is 3. The molecule has 1 aliphatic heterocycles. The molecule has 0 saturated carbocycles. The predicted octanol–water partition coefficient (Wildman–Crippen LogP) is 9.26. The van der Waals surface area contributed by atoms with Crippen molar-refractivity contribution < 1.29 is 0 Å². The number of anilines is 3. The third-order valence-corrected chi connectivity index (χ3v) is 8.14. The monoisotopic (exact) mass is 535 g/mol. The minimum Gasteiger partial charge on any atom is -0.310 e. The maximum absolute atomic E-state index is 9.58. The molecule has 0 amide bonds. The lowest BCUT2D eigenvalue weighted by Crippen LogP contribution is -2.37. The quantitative estimate of drug-likeness (QED) is 0.226. The highest BCUT2D eigenvalue weighted by molar-refractivity contribution is 5.90. The van der Waals surface area contributed by atoms with E-state index in [1.165, 1.54) is 22.3 Å². The second-order valence-electron chi connectivity index (χ2n) is 10.4. The Hall–Kier alpha value is -5.90. The second-order valence-corrected chi connectivity index (χ2v) is 10.4.